The van der Waals surface area contributed by atoms with E-state index < -0.39 is 0 Å². The minimum Gasteiger partial charge on any atom is -0.491 e. The van der Waals surface area contributed by atoms with Gasteiger partial charge in [-0.05, 0) is 18.6 Å². The van der Waals surface area contributed by atoms with Crippen LogP contribution in [0.25, 0.3) is 0 Å². The van der Waals surface area contributed by atoms with Crippen molar-refractivity contribution in [3.8, 4) is 5.75 Å². The maximum Gasteiger partial charge on any atom is 0.253 e. The number of hydrogen-bond donors (Lipinski definition) is 0. The van der Waals surface area contributed by atoms with Crippen LogP contribution < -0.4 is 9.64 Å². The van der Waals surface area contributed by atoms with Crippen molar-refractivity contribution in [3.63, 3.8) is 0 Å². The van der Waals surface area contributed by atoms with Crippen LogP contribution in [0, 0.1) is 0 Å². The van der Waals surface area contributed by atoms with Crippen LogP contribution in [-0.2, 0) is 22.6 Å². The minimum absolute atomic E-state index is 0.0435. The van der Waals surface area contributed by atoms with E-state index in [0.29, 0.717) is 31.3 Å². The van der Waals surface area contributed by atoms with Gasteiger partial charge in [0.25, 0.3) is 11.8 Å². The molecule has 0 aliphatic carbocycles. The molecule has 1 aliphatic heterocycles. The summed E-state index contributed by atoms with van der Waals surface area (Å²) < 4.78 is 16.1. The van der Waals surface area contributed by atoms with E-state index in [4.69, 9.17) is 14.0 Å². The first-order valence-corrected chi connectivity index (χ1v) is 7.69. The van der Waals surface area contributed by atoms with Gasteiger partial charge in [-0.15, -0.1) is 0 Å². The van der Waals surface area contributed by atoms with Crippen molar-refractivity contribution in [2.24, 2.45) is 0 Å². The second kappa shape index (κ2) is 7.23. The molecule has 1 aliphatic rings. The lowest BCUT2D eigenvalue weighted by Crippen LogP contribution is -2.34. The molecule has 0 spiro atoms. The Bertz CT molecular complexity index is 671. The Hall–Kier alpha value is -2.41. The third-order valence-corrected chi connectivity index (χ3v) is 3.52. The van der Waals surface area contributed by atoms with Crippen molar-refractivity contribution in [2.75, 3.05) is 24.7 Å². The minimum atomic E-state index is -0.113. The van der Waals surface area contributed by atoms with Gasteiger partial charge in [0, 0.05) is 13.0 Å². The third-order valence-electron chi connectivity index (χ3n) is 3.52. The number of aromatic nitrogens is 2. The van der Waals surface area contributed by atoms with Gasteiger partial charge in [-0.1, -0.05) is 24.2 Å². The second-order valence-corrected chi connectivity index (χ2v) is 5.17. The van der Waals surface area contributed by atoms with Gasteiger partial charge in [-0.3, -0.25) is 4.79 Å². The van der Waals surface area contributed by atoms with Crippen LogP contribution in [0.1, 0.15) is 25.1 Å². The Labute approximate surface area is 134 Å². The van der Waals surface area contributed by atoms with Gasteiger partial charge in [-0.25, -0.2) is 0 Å². The molecule has 0 atom stereocenters. The number of anilines is 1. The summed E-state index contributed by atoms with van der Waals surface area (Å²) in [7, 11) is 0. The Kier molecular flexibility index (Phi) is 4.87. The summed E-state index contributed by atoms with van der Waals surface area (Å²) in [5, 5.41) is 3.79. The summed E-state index contributed by atoms with van der Waals surface area (Å²) in [6.07, 6.45) is 1.48. The highest BCUT2D eigenvalue weighted by atomic mass is 16.5. The summed E-state index contributed by atoms with van der Waals surface area (Å²) in [6.45, 7) is 3.24. The quantitative estimate of drug-likeness (QED) is 0.839. The topological polar surface area (TPSA) is 77.7 Å². The maximum atomic E-state index is 12.4. The number of benzene rings is 1. The number of aryl methyl sites for hydroxylation is 1. The zero-order valence-corrected chi connectivity index (χ0v) is 13.0. The first-order chi connectivity index (χ1) is 11.3. The van der Waals surface area contributed by atoms with Crippen LogP contribution in [0.2, 0.25) is 0 Å². The SMILES string of the molecule is CCc1noc(COCC(=O)N2CCCOc3ccccc32)n1. The van der Waals surface area contributed by atoms with Crippen LogP contribution in [0.15, 0.2) is 28.8 Å². The Morgan fingerprint density at radius 3 is 3.09 bits per heavy atom. The standard InChI is InChI=1S/C16H19N3O4/c1-2-14-17-15(23-18-14)10-21-11-16(20)19-8-5-9-22-13-7-4-3-6-12(13)19/h3-4,6-7H,2,5,8-11H2,1H3. The predicted octanol–water partition coefficient (Wildman–Crippen LogP) is 1.96. The summed E-state index contributed by atoms with van der Waals surface area (Å²) >= 11 is 0. The number of ether oxygens (including phenoxy) is 2. The van der Waals surface area contributed by atoms with Crippen LogP contribution in [0.5, 0.6) is 5.75 Å². The molecule has 2 heterocycles. The molecule has 0 unspecified atom stereocenters. The number of nitrogens with zero attached hydrogens (tertiary/aromatic N) is 3. The van der Waals surface area contributed by atoms with E-state index in [2.05, 4.69) is 10.1 Å². The number of rotatable bonds is 5. The van der Waals surface area contributed by atoms with Crippen molar-refractivity contribution >= 4 is 11.6 Å². The molecule has 0 fully saturated rings. The Balaban J connectivity index is 1.59. The molecule has 0 bridgehead atoms. The number of para-hydroxylation sites is 2. The van der Waals surface area contributed by atoms with E-state index in [1.54, 1.807) is 4.90 Å². The lowest BCUT2D eigenvalue weighted by atomic mass is 10.2. The molecule has 1 aromatic heterocycles. The Morgan fingerprint density at radius 1 is 1.39 bits per heavy atom. The monoisotopic (exact) mass is 317 g/mol. The van der Waals surface area contributed by atoms with E-state index in [1.165, 1.54) is 0 Å². The zero-order valence-electron chi connectivity index (χ0n) is 13.0. The summed E-state index contributed by atoms with van der Waals surface area (Å²) in [6, 6.07) is 7.53. The van der Waals surface area contributed by atoms with E-state index in [9.17, 15) is 4.79 Å². The molecular weight excluding hydrogens is 298 g/mol. The molecule has 0 N–H and O–H groups in total. The van der Waals surface area contributed by atoms with Crippen molar-refractivity contribution in [1.82, 2.24) is 10.1 Å². The van der Waals surface area contributed by atoms with Crippen LogP contribution >= 0.6 is 0 Å². The number of carbonyl (C=O) groups excluding carboxylic acids is 1. The van der Waals surface area contributed by atoms with Gasteiger partial charge >= 0.3 is 0 Å². The molecule has 1 aromatic carbocycles. The van der Waals surface area contributed by atoms with E-state index >= 15 is 0 Å². The normalized spacial score (nSPS) is 14.0. The highest BCUT2D eigenvalue weighted by Crippen LogP contribution is 2.30. The molecule has 2 aromatic rings. The van der Waals surface area contributed by atoms with Gasteiger partial charge in [0.05, 0.1) is 12.3 Å². The first kappa shape index (κ1) is 15.5. The van der Waals surface area contributed by atoms with Crippen molar-refractivity contribution in [2.45, 2.75) is 26.4 Å². The largest absolute Gasteiger partial charge is 0.491 e. The van der Waals surface area contributed by atoms with Crippen molar-refractivity contribution < 1.29 is 18.8 Å². The molecule has 122 valence electrons. The molecule has 0 saturated carbocycles. The molecule has 0 radical (unpaired) electrons. The smallest absolute Gasteiger partial charge is 0.253 e. The van der Waals surface area contributed by atoms with Crippen molar-refractivity contribution in [3.05, 3.63) is 36.0 Å². The molecule has 3 rings (SSSR count). The van der Waals surface area contributed by atoms with Crippen LogP contribution in [-0.4, -0.2) is 35.8 Å². The lowest BCUT2D eigenvalue weighted by molar-refractivity contribution is -0.123. The highest BCUT2D eigenvalue weighted by molar-refractivity contribution is 5.95. The van der Waals surface area contributed by atoms with E-state index in [1.807, 2.05) is 31.2 Å². The number of amides is 1. The summed E-state index contributed by atoms with van der Waals surface area (Å²) in [5.74, 6) is 1.63. The third kappa shape index (κ3) is 3.68. The summed E-state index contributed by atoms with van der Waals surface area (Å²) in [5.41, 5.74) is 0.782. The molecule has 23 heavy (non-hydrogen) atoms. The molecule has 7 heteroatoms. The molecule has 1 amide bonds. The number of fused-ring (bicyclic) bond motifs is 1. The first-order valence-electron chi connectivity index (χ1n) is 7.69. The van der Waals surface area contributed by atoms with Crippen LogP contribution in [0.4, 0.5) is 5.69 Å². The van der Waals surface area contributed by atoms with E-state index in [0.717, 1.165) is 17.9 Å². The Morgan fingerprint density at radius 2 is 2.26 bits per heavy atom. The van der Waals surface area contributed by atoms with Gasteiger partial charge < -0.3 is 18.9 Å². The number of carbonyl (C=O) groups is 1. The molecule has 0 saturated heterocycles. The maximum absolute atomic E-state index is 12.4. The number of hydrogen-bond acceptors (Lipinski definition) is 6. The van der Waals surface area contributed by atoms with Gasteiger partial charge in [0.1, 0.15) is 19.0 Å². The predicted molar refractivity (Wildman–Crippen MR) is 82.2 cm³/mol. The molecule has 7 nitrogen and oxygen atoms in total. The summed E-state index contributed by atoms with van der Waals surface area (Å²) in [4.78, 5) is 18.3. The fourth-order valence-corrected chi connectivity index (χ4v) is 2.38. The average Bonchev–Trinajstić information content (AvgIpc) is 2.92. The fraction of sp³-hybridized carbons (Fsp3) is 0.438. The van der Waals surface area contributed by atoms with Gasteiger partial charge in [0.2, 0.25) is 0 Å². The van der Waals surface area contributed by atoms with Gasteiger partial charge in [0.15, 0.2) is 5.82 Å². The zero-order chi connectivity index (χ0) is 16.1. The lowest BCUT2D eigenvalue weighted by Gasteiger charge is -2.21. The van der Waals surface area contributed by atoms with Gasteiger partial charge in [-0.2, -0.15) is 4.98 Å². The van der Waals surface area contributed by atoms with Crippen LogP contribution in [0.3, 0.4) is 0 Å². The van der Waals surface area contributed by atoms with Crippen molar-refractivity contribution in [1.29, 1.82) is 0 Å². The molecular formula is C16H19N3O4. The second-order valence-electron chi connectivity index (χ2n) is 5.17. The highest BCUT2D eigenvalue weighted by Gasteiger charge is 2.22. The van der Waals surface area contributed by atoms with E-state index in [-0.39, 0.29) is 19.1 Å². The average molecular weight is 317 g/mol. The fourth-order valence-electron chi connectivity index (χ4n) is 2.38.